The molecule has 0 bridgehead atoms. The molecule has 0 saturated carbocycles. The number of amides is 2. The van der Waals surface area contributed by atoms with Gasteiger partial charge in [-0.1, -0.05) is 0 Å². The van der Waals surface area contributed by atoms with E-state index in [0.717, 1.165) is 13.8 Å². The van der Waals surface area contributed by atoms with Gasteiger partial charge in [-0.3, -0.25) is 14.5 Å². The lowest BCUT2D eigenvalue weighted by Gasteiger charge is -2.19. The lowest BCUT2D eigenvalue weighted by molar-refractivity contribution is -0.142. The maximum atomic E-state index is 13.5. The number of alkyl halides is 2. The van der Waals surface area contributed by atoms with Gasteiger partial charge in [0.25, 0.3) is 11.8 Å². The Hall–Kier alpha value is -1.04. The smallest absolute Gasteiger partial charge is 0.270 e. The number of carbonyl (C=O) groups is 2. The summed E-state index contributed by atoms with van der Waals surface area (Å²) in [5, 5.41) is 8.51. The quantitative estimate of drug-likeness (QED) is 0.638. The summed E-state index contributed by atoms with van der Waals surface area (Å²) in [5.41, 5.74) is -5.70. The van der Waals surface area contributed by atoms with Crippen LogP contribution in [-0.2, 0) is 9.59 Å². The van der Waals surface area contributed by atoms with Crippen LogP contribution in [-0.4, -0.2) is 46.3 Å². The van der Waals surface area contributed by atoms with Gasteiger partial charge in [-0.25, -0.2) is 8.78 Å². The number of rotatable bonds is 2. The van der Waals surface area contributed by atoms with Gasteiger partial charge in [0.05, 0.1) is 13.2 Å². The van der Waals surface area contributed by atoms with Crippen LogP contribution in [0.2, 0.25) is 0 Å². The number of hydrogen-bond acceptors (Lipinski definition) is 3. The molecule has 2 amide bonds. The van der Waals surface area contributed by atoms with Gasteiger partial charge >= 0.3 is 0 Å². The van der Waals surface area contributed by atoms with E-state index in [2.05, 4.69) is 0 Å². The van der Waals surface area contributed by atoms with Crippen molar-refractivity contribution in [1.29, 1.82) is 0 Å². The fourth-order valence-corrected chi connectivity index (χ4v) is 1.30. The lowest BCUT2D eigenvalue weighted by atomic mass is 9.92. The van der Waals surface area contributed by atoms with E-state index in [4.69, 9.17) is 5.11 Å². The van der Waals surface area contributed by atoms with Gasteiger partial charge in [-0.15, -0.1) is 0 Å². The Morgan fingerprint density at radius 2 is 1.57 bits per heavy atom. The van der Waals surface area contributed by atoms with E-state index in [1.165, 1.54) is 0 Å². The average molecular weight is 207 g/mol. The molecule has 1 N–H and O–H groups in total. The molecular formula is C8H11F2NO3. The van der Waals surface area contributed by atoms with Crippen molar-refractivity contribution < 1.29 is 23.5 Å². The summed E-state index contributed by atoms with van der Waals surface area (Å²) >= 11 is 0. The highest BCUT2D eigenvalue weighted by molar-refractivity contribution is 6.12. The van der Waals surface area contributed by atoms with Crippen LogP contribution in [0.25, 0.3) is 0 Å². The number of likely N-dealkylation sites (tertiary alicyclic amines) is 1. The molecule has 1 aliphatic rings. The molecule has 14 heavy (non-hydrogen) atoms. The summed E-state index contributed by atoms with van der Waals surface area (Å²) in [5.74, 6) is -2.47. The maximum absolute atomic E-state index is 13.5. The molecule has 0 radical (unpaired) electrons. The maximum Gasteiger partial charge on any atom is 0.270 e. The number of aliphatic hydroxyl groups excluding tert-OH is 1. The van der Waals surface area contributed by atoms with Crippen molar-refractivity contribution in [2.75, 3.05) is 13.2 Å². The monoisotopic (exact) mass is 207 g/mol. The van der Waals surface area contributed by atoms with E-state index in [9.17, 15) is 18.4 Å². The van der Waals surface area contributed by atoms with Gasteiger partial charge in [0.15, 0.2) is 0 Å². The first-order chi connectivity index (χ1) is 6.26. The van der Waals surface area contributed by atoms with Gasteiger partial charge < -0.3 is 5.11 Å². The molecule has 0 aromatic heterocycles. The van der Waals surface area contributed by atoms with E-state index in [1.54, 1.807) is 0 Å². The minimum atomic E-state index is -2.85. The summed E-state index contributed by atoms with van der Waals surface area (Å²) in [6.45, 7) is 0.565. The molecule has 0 aromatic rings. The van der Waals surface area contributed by atoms with Crippen LogP contribution in [0.15, 0.2) is 0 Å². The van der Waals surface area contributed by atoms with Crippen LogP contribution in [0.4, 0.5) is 8.78 Å². The van der Waals surface area contributed by atoms with Crippen molar-refractivity contribution in [1.82, 2.24) is 4.90 Å². The zero-order valence-corrected chi connectivity index (χ0v) is 7.88. The predicted molar refractivity (Wildman–Crippen MR) is 42.8 cm³/mol. The number of imide groups is 1. The van der Waals surface area contributed by atoms with E-state index < -0.39 is 29.8 Å². The average Bonchev–Trinajstić information content (AvgIpc) is 2.19. The standard InChI is InChI=1S/C8H11F2NO3/c1-7(9)5(13)11(3-4-12)6(14)8(7,2)10/h12H,3-4H2,1-2H3. The number of halogens is 2. The fourth-order valence-electron chi connectivity index (χ4n) is 1.30. The first-order valence-corrected chi connectivity index (χ1v) is 4.12. The summed E-state index contributed by atoms with van der Waals surface area (Å²) in [6.07, 6.45) is 0. The second-order valence-corrected chi connectivity index (χ2v) is 3.49. The molecule has 80 valence electrons. The Labute approximate surface area is 79.5 Å². The highest BCUT2D eigenvalue weighted by Gasteiger charge is 2.66. The minimum Gasteiger partial charge on any atom is -0.395 e. The molecule has 4 nitrogen and oxygen atoms in total. The van der Waals surface area contributed by atoms with Gasteiger partial charge in [-0.2, -0.15) is 0 Å². The molecular weight excluding hydrogens is 196 g/mol. The molecule has 6 heteroatoms. The molecule has 1 rings (SSSR count). The van der Waals surface area contributed by atoms with Crippen LogP contribution >= 0.6 is 0 Å². The SMILES string of the molecule is CC1(F)C(=O)N(CCO)C(=O)C1(C)F. The van der Waals surface area contributed by atoms with E-state index in [0.29, 0.717) is 4.90 Å². The van der Waals surface area contributed by atoms with Crippen LogP contribution in [0.1, 0.15) is 13.8 Å². The van der Waals surface area contributed by atoms with Crippen LogP contribution in [0.5, 0.6) is 0 Å². The third-order valence-corrected chi connectivity index (χ3v) is 2.50. The van der Waals surface area contributed by atoms with Gasteiger partial charge in [0.2, 0.25) is 11.3 Å². The molecule has 0 aliphatic carbocycles. The minimum absolute atomic E-state index is 0.378. The van der Waals surface area contributed by atoms with Gasteiger partial charge in [0.1, 0.15) is 0 Å². The van der Waals surface area contributed by atoms with Crippen molar-refractivity contribution >= 4 is 11.8 Å². The van der Waals surface area contributed by atoms with Crippen molar-refractivity contribution in [3.8, 4) is 0 Å². The molecule has 0 spiro atoms. The Kier molecular flexibility index (Phi) is 2.35. The van der Waals surface area contributed by atoms with Crippen molar-refractivity contribution in [3.05, 3.63) is 0 Å². The molecule has 1 aliphatic heterocycles. The largest absolute Gasteiger partial charge is 0.395 e. The van der Waals surface area contributed by atoms with Crippen LogP contribution in [0.3, 0.4) is 0 Å². The van der Waals surface area contributed by atoms with Crippen LogP contribution < -0.4 is 0 Å². The van der Waals surface area contributed by atoms with Gasteiger partial charge in [0, 0.05) is 0 Å². The Balaban J connectivity index is 3.09. The second kappa shape index (κ2) is 2.98. The third kappa shape index (κ3) is 1.13. The number of carbonyl (C=O) groups excluding carboxylic acids is 2. The topological polar surface area (TPSA) is 57.6 Å². The third-order valence-electron chi connectivity index (χ3n) is 2.50. The Morgan fingerprint density at radius 3 is 1.86 bits per heavy atom. The Morgan fingerprint density at radius 1 is 1.21 bits per heavy atom. The van der Waals surface area contributed by atoms with Crippen molar-refractivity contribution in [2.24, 2.45) is 0 Å². The zero-order valence-electron chi connectivity index (χ0n) is 7.88. The summed E-state index contributed by atoms with van der Waals surface area (Å²) < 4.78 is 27.1. The van der Waals surface area contributed by atoms with Crippen LogP contribution in [0, 0.1) is 0 Å². The zero-order chi connectivity index (χ0) is 11.1. The summed E-state index contributed by atoms with van der Waals surface area (Å²) in [4.78, 5) is 22.8. The molecule has 2 atom stereocenters. The van der Waals surface area contributed by atoms with E-state index in [1.807, 2.05) is 0 Å². The number of β-amino-alcohol motifs (C(OH)–C–C–N with tert-alkyl or cyclic N) is 1. The number of nitrogens with zero attached hydrogens (tertiary/aromatic N) is 1. The van der Waals surface area contributed by atoms with Gasteiger partial charge in [-0.05, 0) is 13.8 Å². The molecule has 0 aromatic carbocycles. The first-order valence-electron chi connectivity index (χ1n) is 4.12. The van der Waals surface area contributed by atoms with E-state index >= 15 is 0 Å². The molecule has 1 heterocycles. The number of aliphatic hydroxyl groups is 1. The van der Waals surface area contributed by atoms with Crippen molar-refractivity contribution in [3.63, 3.8) is 0 Å². The Bertz CT molecular complexity index is 262. The number of hydrogen-bond donors (Lipinski definition) is 1. The normalized spacial score (nSPS) is 38.2. The highest BCUT2D eigenvalue weighted by Crippen LogP contribution is 2.39. The highest BCUT2D eigenvalue weighted by atomic mass is 19.2. The summed E-state index contributed by atoms with van der Waals surface area (Å²) in [6, 6.07) is 0. The fraction of sp³-hybridized carbons (Fsp3) is 0.750. The predicted octanol–water partition coefficient (Wildman–Crippen LogP) is -0.196. The second-order valence-electron chi connectivity index (χ2n) is 3.49. The van der Waals surface area contributed by atoms with Crippen molar-refractivity contribution in [2.45, 2.75) is 25.2 Å². The molecule has 1 fully saturated rings. The lowest BCUT2D eigenvalue weighted by Crippen LogP contribution is -2.45. The first kappa shape index (κ1) is 11.0. The molecule has 2 unspecified atom stereocenters. The summed E-state index contributed by atoms with van der Waals surface area (Å²) in [7, 11) is 0. The van der Waals surface area contributed by atoms with E-state index in [-0.39, 0.29) is 6.54 Å². The molecule has 1 saturated heterocycles.